The average Bonchev–Trinajstić information content (AvgIpc) is 2.77. The van der Waals surface area contributed by atoms with Gasteiger partial charge in [-0.05, 0) is 25.4 Å². The summed E-state index contributed by atoms with van der Waals surface area (Å²) < 4.78 is 8.14. The lowest BCUT2D eigenvalue weighted by Crippen LogP contribution is -2.41. The van der Waals surface area contributed by atoms with Crippen molar-refractivity contribution in [1.29, 1.82) is 0 Å². The highest BCUT2D eigenvalue weighted by molar-refractivity contribution is 7.03. The van der Waals surface area contributed by atoms with E-state index in [9.17, 15) is 9.59 Å². The molecule has 0 N–H and O–H groups in total. The third kappa shape index (κ3) is 2.99. The highest BCUT2D eigenvalue weighted by Gasteiger charge is 2.23. The maximum absolute atomic E-state index is 11.9. The van der Waals surface area contributed by atoms with Gasteiger partial charge in [0.15, 0.2) is 5.69 Å². The van der Waals surface area contributed by atoms with Crippen molar-refractivity contribution in [2.75, 3.05) is 13.7 Å². The van der Waals surface area contributed by atoms with Gasteiger partial charge in [0.05, 0.1) is 7.11 Å². The average molecular weight is 243 g/mol. The fourth-order valence-electron chi connectivity index (χ4n) is 1.10. The van der Waals surface area contributed by atoms with Crippen LogP contribution in [0.4, 0.5) is 0 Å². The molecule has 1 aromatic heterocycles. The van der Waals surface area contributed by atoms with Crippen molar-refractivity contribution in [3.05, 3.63) is 11.1 Å². The van der Waals surface area contributed by atoms with E-state index in [-0.39, 0.29) is 24.2 Å². The molecule has 0 aliphatic carbocycles. The Morgan fingerprint density at radius 1 is 1.56 bits per heavy atom. The third-order valence-electron chi connectivity index (χ3n) is 1.99. The van der Waals surface area contributed by atoms with Crippen LogP contribution in [0.3, 0.4) is 0 Å². The minimum atomic E-state index is -0.453. The zero-order valence-corrected chi connectivity index (χ0v) is 10.2. The molecule has 0 fully saturated rings. The van der Waals surface area contributed by atoms with Crippen LogP contribution >= 0.6 is 11.5 Å². The summed E-state index contributed by atoms with van der Waals surface area (Å²) in [6, 6.07) is -0.103. The minimum Gasteiger partial charge on any atom is -0.468 e. The maximum atomic E-state index is 11.9. The third-order valence-corrected chi connectivity index (χ3v) is 2.50. The highest BCUT2D eigenvalue weighted by atomic mass is 32.1. The number of nitrogens with zero attached hydrogens (tertiary/aromatic N) is 3. The molecule has 1 aromatic rings. The molecule has 0 unspecified atom stereocenters. The normalized spacial score (nSPS) is 10.2. The fourth-order valence-corrected chi connectivity index (χ4v) is 1.53. The summed E-state index contributed by atoms with van der Waals surface area (Å²) in [4.78, 5) is 24.5. The topological polar surface area (TPSA) is 72.4 Å². The van der Waals surface area contributed by atoms with Crippen LogP contribution in [0, 0.1) is 0 Å². The van der Waals surface area contributed by atoms with Crippen LogP contribution < -0.4 is 0 Å². The van der Waals surface area contributed by atoms with Gasteiger partial charge in [-0.2, -0.15) is 0 Å². The molecule has 0 aliphatic heterocycles. The van der Waals surface area contributed by atoms with Crippen LogP contribution in [0.25, 0.3) is 0 Å². The number of methoxy groups -OCH3 is 1. The van der Waals surface area contributed by atoms with Crippen molar-refractivity contribution < 1.29 is 14.3 Å². The van der Waals surface area contributed by atoms with Crippen LogP contribution in [0.2, 0.25) is 0 Å². The number of rotatable bonds is 4. The Kier molecular flexibility index (Phi) is 4.36. The molecule has 16 heavy (non-hydrogen) atoms. The second-order valence-corrected chi connectivity index (χ2v) is 4.00. The Bertz CT molecular complexity index is 364. The Balaban J connectivity index is 2.78. The lowest BCUT2D eigenvalue weighted by molar-refractivity contribution is -0.141. The lowest BCUT2D eigenvalue weighted by Gasteiger charge is -2.24. The number of aromatic nitrogens is 2. The second-order valence-electron chi connectivity index (χ2n) is 3.39. The largest absolute Gasteiger partial charge is 0.468 e. The quantitative estimate of drug-likeness (QED) is 0.722. The Morgan fingerprint density at radius 3 is 2.69 bits per heavy atom. The van der Waals surface area contributed by atoms with Gasteiger partial charge in [-0.15, -0.1) is 5.10 Å². The van der Waals surface area contributed by atoms with Crippen molar-refractivity contribution >= 4 is 23.4 Å². The van der Waals surface area contributed by atoms with Crippen molar-refractivity contribution in [3.8, 4) is 0 Å². The summed E-state index contributed by atoms with van der Waals surface area (Å²) in [6.07, 6.45) is 0. The Morgan fingerprint density at radius 2 is 2.25 bits per heavy atom. The van der Waals surface area contributed by atoms with Crippen molar-refractivity contribution in [1.82, 2.24) is 14.5 Å². The number of hydrogen-bond donors (Lipinski definition) is 0. The standard InChI is InChI=1S/C9H13N3O3S/c1-6(2)12(4-8(13)15-3)9(14)7-5-16-11-10-7/h5-6H,4H2,1-3H3. The number of carbonyl (C=O) groups excluding carboxylic acids is 2. The van der Waals surface area contributed by atoms with E-state index in [1.165, 1.54) is 12.0 Å². The number of ether oxygens (including phenoxy) is 1. The first kappa shape index (κ1) is 12.6. The Hall–Kier alpha value is -1.50. The van der Waals surface area contributed by atoms with Gasteiger partial charge in [-0.25, -0.2) is 0 Å². The molecule has 0 aliphatic rings. The molecule has 0 spiro atoms. The fraction of sp³-hybridized carbons (Fsp3) is 0.556. The molecular formula is C9H13N3O3S. The summed E-state index contributed by atoms with van der Waals surface area (Å²) in [6.45, 7) is 3.56. The summed E-state index contributed by atoms with van der Waals surface area (Å²) in [5, 5.41) is 5.23. The second kappa shape index (κ2) is 5.55. The zero-order valence-electron chi connectivity index (χ0n) is 9.34. The van der Waals surface area contributed by atoms with Gasteiger partial charge in [0.25, 0.3) is 5.91 Å². The van der Waals surface area contributed by atoms with Gasteiger partial charge in [-0.3, -0.25) is 9.59 Å². The first-order valence-electron chi connectivity index (χ1n) is 4.71. The maximum Gasteiger partial charge on any atom is 0.325 e. The van der Waals surface area contributed by atoms with Gasteiger partial charge in [0.2, 0.25) is 0 Å². The zero-order chi connectivity index (χ0) is 12.1. The van der Waals surface area contributed by atoms with E-state index in [4.69, 9.17) is 0 Å². The molecule has 0 saturated heterocycles. The van der Waals surface area contributed by atoms with Crippen LogP contribution in [-0.4, -0.2) is 46.1 Å². The van der Waals surface area contributed by atoms with E-state index in [1.54, 1.807) is 5.38 Å². The molecule has 0 bridgehead atoms. The molecule has 1 rings (SSSR count). The van der Waals surface area contributed by atoms with Crippen LogP contribution in [0.15, 0.2) is 5.38 Å². The van der Waals surface area contributed by atoms with E-state index in [0.717, 1.165) is 11.5 Å². The minimum absolute atomic E-state index is 0.0788. The van der Waals surface area contributed by atoms with E-state index >= 15 is 0 Å². The summed E-state index contributed by atoms with van der Waals surface area (Å²) in [7, 11) is 1.29. The molecule has 88 valence electrons. The van der Waals surface area contributed by atoms with Crippen molar-refractivity contribution in [3.63, 3.8) is 0 Å². The van der Waals surface area contributed by atoms with Crippen LogP contribution in [0.5, 0.6) is 0 Å². The van der Waals surface area contributed by atoms with Gasteiger partial charge in [0.1, 0.15) is 6.54 Å². The summed E-state index contributed by atoms with van der Waals surface area (Å²) in [5.74, 6) is -0.764. The molecule has 0 atom stereocenters. The predicted octanol–water partition coefficient (Wildman–Crippen LogP) is 0.562. The first-order chi connectivity index (χ1) is 7.56. The first-order valence-corrected chi connectivity index (χ1v) is 5.54. The SMILES string of the molecule is COC(=O)CN(C(=O)c1csnn1)C(C)C. The summed E-state index contributed by atoms with van der Waals surface area (Å²) >= 11 is 1.10. The van der Waals surface area contributed by atoms with Crippen molar-refractivity contribution in [2.45, 2.75) is 19.9 Å². The predicted molar refractivity (Wildman–Crippen MR) is 58.1 cm³/mol. The van der Waals surface area contributed by atoms with Gasteiger partial charge in [0, 0.05) is 11.4 Å². The molecular weight excluding hydrogens is 230 g/mol. The van der Waals surface area contributed by atoms with E-state index < -0.39 is 5.97 Å². The number of hydrogen-bond acceptors (Lipinski definition) is 6. The van der Waals surface area contributed by atoms with E-state index in [0.29, 0.717) is 0 Å². The molecule has 1 heterocycles. The van der Waals surface area contributed by atoms with Crippen LogP contribution in [-0.2, 0) is 9.53 Å². The molecule has 0 aromatic carbocycles. The van der Waals surface area contributed by atoms with Crippen LogP contribution in [0.1, 0.15) is 24.3 Å². The van der Waals surface area contributed by atoms with Gasteiger partial charge < -0.3 is 9.64 Å². The van der Waals surface area contributed by atoms with Crippen molar-refractivity contribution in [2.24, 2.45) is 0 Å². The number of esters is 1. The summed E-state index contributed by atoms with van der Waals surface area (Å²) in [5.41, 5.74) is 0.252. The van der Waals surface area contributed by atoms with E-state index in [1.807, 2.05) is 13.8 Å². The monoisotopic (exact) mass is 243 g/mol. The number of carbonyl (C=O) groups is 2. The Labute approximate surface area is 97.4 Å². The lowest BCUT2D eigenvalue weighted by atomic mass is 10.3. The highest BCUT2D eigenvalue weighted by Crippen LogP contribution is 2.07. The van der Waals surface area contributed by atoms with Gasteiger partial charge in [-0.1, -0.05) is 4.49 Å². The molecule has 0 radical (unpaired) electrons. The number of amides is 1. The molecule has 0 saturated carbocycles. The smallest absolute Gasteiger partial charge is 0.325 e. The van der Waals surface area contributed by atoms with Gasteiger partial charge >= 0.3 is 5.97 Å². The molecule has 7 heteroatoms. The molecule has 1 amide bonds. The molecule has 6 nitrogen and oxygen atoms in total. The van der Waals surface area contributed by atoms with E-state index in [2.05, 4.69) is 14.3 Å².